The van der Waals surface area contributed by atoms with Gasteiger partial charge in [0.25, 0.3) is 5.91 Å². The number of aliphatic hydroxyl groups excluding tert-OH is 1. The SMILES string of the molecule is CNS(=O)(=O)c1cc(C(=O)NC2CC(O)C2)n(C)c1. The van der Waals surface area contributed by atoms with Crippen LogP contribution < -0.4 is 10.0 Å². The number of aromatic nitrogens is 1. The van der Waals surface area contributed by atoms with Gasteiger partial charge in [0.1, 0.15) is 10.6 Å². The molecule has 7 nitrogen and oxygen atoms in total. The van der Waals surface area contributed by atoms with Gasteiger partial charge in [-0.05, 0) is 26.0 Å². The lowest BCUT2D eigenvalue weighted by atomic mass is 9.89. The number of nitrogens with one attached hydrogen (secondary N) is 2. The second kappa shape index (κ2) is 4.95. The first-order valence-electron chi connectivity index (χ1n) is 5.92. The highest BCUT2D eigenvalue weighted by Crippen LogP contribution is 2.20. The first-order chi connectivity index (χ1) is 8.83. The fraction of sp³-hybridized carbons (Fsp3) is 0.545. The van der Waals surface area contributed by atoms with Gasteiger partial charge in [-0.25, -0.2) is 13.1 Å². The van der Waals surface area contributed by atoms with E-state index in [1.165, 1.54) is 23.9 Å². The maximum atomic E-state index is 12.0. The van der Waals surface area contributed by atoms with Crippen molar-refractivity contribution >= 4 is 15.9 Å². The summed E-state index contributed by atoms with van der Waals surface area (Å²) < 4.78 is 26.9. The summed E-state index contributed by atoms with van der Waals surface area (Å²) in [7, 11) is -0.625. The molecule has 0 aliphatic heterocycles. The molecule has 0 aromatic carbocycles. The lowest BCUT2D eigenvalue weighted by Crippen LogP contribution is -2.47. The second-order valence-corrected chi connectivity index (χ2v) is 6.56. The number of carbonyl (C=O) groups excluding carboxylic acids is 1. The summed E-state index contributed by atoms with van der Waals surface area (Å²) >= 11 is 0. The third-order valence-electron chi connectivity index (χ3n) is 3.24. The molecule has 19 heavy (non-hydrogen) atoms. The van der Waals surface area contributed by atoms with Gasteiger partial charge in [0.2, 0.25) is 10.0 Å². The van der Waals surface area contributed by atoms with Crippen molar-refractivity contribution in [3.8, 4) is 0 Å². The van der Waals surface area contributed by atoms with Crippen LogP contribution in [0, 0.1) is 0 Å². The van der Waals surface area contributed by atoms with E-state index in [0.29, 0.717) is 12.8 Å². The summed E-state index contributed by atoms with van der Waals surface area (Å²) in [5.74, 6) is -0.336. The Morgan fingerprint density at radius 1 is 1.47 bits per heavy atom. The van der Waals surface area contributed by atoms with Gasteiger partial charge in [-0.1, -0.05) is 0 Å². The molecule has 1 amide bonds. The molecule has 8 heteroatoms. The van der Waals surface area contributed by atoms with E-state index in [1.54, 1.807) is 7.05 Å². The molecule has 1 aromatic heterocycles. The summed E-state index contributed by atoms with van der Waals surface area (Å²) in [4.78, 5) is 12.0. The molecule has 0 atom stereocenters. The highest BCUT2D eigenvalue weighted by Gasteiger charge is 2.29. The van der Waals surface area contributed by atoms with Gasteiger partial charge in [0.15, 0.2) is 0 Å². The molecule has 3 N–H and O–H groups in total. The van der Waals surface area contributed by atoms with Crippen LogP contribution in [0.5, 0.6) is 0 Å². The Hall–Kier alpha value is -1.38. The minimum absolute atomic E-state index is 0.0400. The van der Waals surface area contributed by atoms with Gasteiger partial charge >= 0.3 is 0 Å². The molecule has 1 aliphatic rings. The van der Waals surface area contributed by atoms with Gasteiger partial charge in [0, 0.05) is 19.3 Å². The highest BCUT2D eigenvalue weighted by atomic mass is 32.2. The Balaban J connectivity index is 2.14. The summed E-state index contributed by atoms with van der Waals surface area (Å²) in [5.41, 5.74) is 0.273. The van der Waals surface area contributed by atoms with Crippen molar-refractivity contribution in [3.63, 3.8) is 0 Å². The third kappa shape index (κ3) is 2.80. The molecule has 106 valence electrons. The molecular weight excluding hydrogens is 270 g/mol. The predicted molar refractivity (Wildman–Crippen MR) is 68.2 cm³/mol. The maximum Gasteiger partial charge on any atom is 0.268 e. The van der Waals surface area contributed by atoms with E-state index < -0.39 is 10.0 Å². The standard InChI is InChI=1S/C11H17N3O4S/c1-12-19(17,18)9-5-10(14(2)6-9)11(16)13-7-3-8(15)4-7/h5-8,12,15H,3-4H2,1-2H3,(H,13,16). The molecule has 0 unspecified atom stereocenters. The molecular formula is C11H17N3O4S. The van der Waals surface area contributed by atoms with Crippen LogP contribution in [0.25, 0.3) is 0 Å². The van der Waals surface area contributed by atoms with E-state index in [1.807, 2.05) is 0 Å². The fourth-order valence-electron chi connectivity index (χ4n) is 1.99. The molecule has 0 bridgehead atoms. The Morgan fingerprint density at radius 2 is 2.11 bits per heavy atom. The monoisotopic (exact) mass is 287 g/mol. The molecule has 1 heterocycles. The Kier molecular flexibility index (Phi) is 3.66. The maximum absolute atomic E-state index is 12.0. The molecule has 0 spiro atoms. The van der Waals surface area contributed by atoms with E-state index in [9.17, 15) is 13.2 Å². The van der Waals surface area contributed by atoms with Gasteiger partial charge in [-0.3, -0.25) is 4.79 Å². The zero-order chi connectivity index (χ0) is 14.2. The second-order valence-electron chi connectivity index (χ2n) is 4.68. The molecule has 1 fully saturated rings. The van der Waals surface area contributed by atoms with Gasteiger partial charge < -0.3 is 15.0 Å². The fourth-order valence-corrected chi connectivity index (χ4v) is 2.79. The van der Waals surface area contributed by atoms with Gasteiger partial charge in [0.05, 0.1) is 6.10 Å². The lowest BCUT2D eigenvalue weighted by molar-refractivity contribution is 0.0559. The lowest BCUT2D eigenvalue weighted by Gasteiger charge is -2.31. The average molecular weight is 287 g/mol. The predicted octanol–water partition coefficient (Wildman–Crippen LogP) is -0.814. The Bertz CT molecular complexity index is 587. The zero-order valence-electron chi connectivity index (χ0n) is 10.8. The van der Waals surface area contributed by atoms with Crippen LogP contribution in [0.15, 0.2) is 17.2 Å². The number of sulfonamides is 1. The van der Waals surface area contributed by atoms with Crippen molar-refractivity contribution in [2.45, 2.75) is 29.9 Å². The van der Waals surface area contributed by atoms with E-state index in [4.69, 9.17) is 5.11 Å². The smallest absolute Gasteiger partial charge is 0.268 e. The van der Waals surface area contributed by atoms with Crippen LogP contribution in [0.3, 0.4) is 0 Å². The van der Waals surface area contributed by atoms with Crippen molar-refractivity contribution in [1.82, 2.24) is 14.6 Å². The molecule has 2 rings (SSSR count). The molecule has 0 radical (unpaired) electrons. The van der Waals surface area contributed by atoms with Crippen molar-refractivity contribution in [1.29, 1.82) is 0 Å². The quantitative estimate of drug-likeness (QED) is 0.674. The van der Waals surface area contributed by atoms with Crippen LogP contribution in [0.4, 0.5) is 0 Å². The minimum Gasteiger partial charge on any atom is -0.393 e. The molecule has 1 saturated carbocycles. The van der Waals surface area contributed by atoms with E-state index in [-0.39, 0.29) is 28.6 Å². The van der Waals surface area contributed by atoms with Crippen molar-refractivity contribution in [2.24, 2.45) is 7.05 Å². The summed E-state index contributed by atoms with van der Waals surface area (Å²) in [6.45, 7) is 0. The first kappa shape index (κ1) is 14.0. The summed E-state index contributed by atoms with van der Waals surface area (Å²) in [6, 6.07) is 1.29. The van der Waals surface area contributed by atoms with E-state index >= 15 is 0 Å². The Labute approximate surface area is 111 Å². The normalized spacial score (nSPS) is 22.9. The topological polar surface area (TPSA) is 100 Å². The number of aliphatic hydroxyl groups is 1. The van der Waals surface area contributed by atoms with Crippen LogP contribution >= 0.6 is 0 Å². The first-order valence-corrected chi connectivity index (χ1v) is 7.40. The number of rotatable bonds is 4. The summed E-state index contributed by atoms with van der Waals surface area (Å²) in [6.07, 6.45) is 2.12. The molecule has 0 saturated heterocycles. The number of nitrogens with zero attached hydrogens (tertiary/aromatic N) is 1. The number of hydrogen-bond acceptors (Lipinski definition) is 4. The van der Waals surface area contributed by atoms with Crippen molar-refractivity contribution in [3.05, 3.63) is 18.0 Å². The van der Waals surface area contributed by atoms with E-state index in [0.717, 1.165) is 0 Å². The van der Waals surface area contributed by atoms with Crippen molar-refractivity contribution < 1.29 is 18.3 Å². The van der Waals surface area contributed by atoms with Crippen LogP contribution in [0.1, 0.15) is 23.3 Å². The van der Waals surface area contributed by atoms with E-state index in [2.05, 4.69) is 10.0 Å². The van der Waals surface area contributed by atoms with Gasteiger partial charge in [-0.15, -0.1) is 0 Å². The highest BCUT2D eigenvalue weighted by molar-refractivity contribution is 7.89. The number of amides is 1. The van der Waals surface area contributed by atoms with Gasteiger partial charge in [-0.2, -0.15) is 0 Å². The number of carbonyl (C=O) groups is 1. The van der Waals surface area contributed by atoms with Crippen molar-refractivity contribution in [2.75, 3.05) is 7.05 Å². The van der Waals surface area contributed by atoms with Crippen LogP contribution in [-0.2, 0) is 17.1 Å². The number of aryl methyl sites for hydroxylation is 1. The average Bonchev–Trinajstić information content (AvgIpc) is 2.70. The largest absolute Gasteiger partial charge is 0.393 e. The van der Waals surface area contributed by atoms with Crippen LogP contribution in [-0.4, -0.2) is 43.2 Å². The Morgan fingerprint density at radius 3 is 2.63 bits per heavy atom. The molecule has 1 aliphatic carbocycles. The zero-order valence-corrected chi connectivity index (χ0v) is 11.6. The number of hydrogen-bond donors (Lipinski definition) is 3. The minimum atomic E-state index is -3.55. The summed E-state index contributed by atoms with van der Waals surface area (Å²) in [5, 5.41) is 11.9. The van der Waals surface area contributed by atoms with Crippen LogP contribution in [0.2, 0.25) is 0 Å². The third-order valence-corrected chi connectivity index (χ3v) is 4.62. The molecule has 1 aromatic rings.